The van der Waals surface area contributed by atoms with Crippen molar-refractivity contribution in [2.24, 2.45) is 0 Å². The summed E-state index contributed by atoms with van der Waals surface area (Å²) in [5.41, 5.74) is 0. The average Bonchev–Trinajstić information content (AvgIpc) is 2.43. The summed E-state index contributed by atoms with van der Waals surface area (Å²) in [5.74, 6) is 0. The predicted octanol–water partition coefficient (Wildman–Crippen LogP) is -123. The van der Waals surface area contributed by atoms with Crippen LogP contribution in [0.15, 0.2) is 30.3 Å². The predicted molar refractivity (Wildman–Crippen MR) is 110 cm³/mol. The first-order valence-electron chi connectivity index (χ1n) is 5.92. The fourth-order valence-electron chi connectivity index (χ4n) is 0.566. The van der Waals surface area contributed by atoms with Crippen molar-refractivity contribution >= 4 is 102 Å². The van der Waals surface area contributed by atoms with Gasteiger partial charge in [-0.1, -0.05) is 27.2 Å². The Morgan fingerprint density at radius 1 is 0.476 bits per heavy atom. The summed E-state index contributed by atoms with van der Waals surface area (Å²) in [7, 11) is 1.38. The van der Waals surface area contributed by atoms with Crippen LogP contribution in [0.5, 0.6) is 0 Å². The Kier molecular flexibility index (Phi) is 2140. The van der Waals surface area contributed by atoms with Gasteiger partial charge in [0.2, 0.25) is 0 Å². The van der Waals surface area contributed by atoms with Crippen LogP contribution in [0.3, 0.4) is 0 Å². The van der Waals surface area contributed by atoms with Crippen molar-refractivity contribution in [2.75, 3.05) is 13.1 Å². The minimum Gasteiger partial charge on any atom is -0.184 e. The monoisotopic (exact) mass is 3210 g/mol. The molecule has 1 aromatic carbocycles. The molecule has 1 rings (SSSR count). The van der Waals surface area contributed by atoms with Gasteiger partial charge >= 0.3 is 1060 Å². The number of benzene rings is 1. The maximum Gasteiger partial charge on any atom is 2.00 e. The molecule has 279 valence electrons. The molecule has 0 atom stereocenters. The number of unbranched alkanes of at least 4 members (excludes halogenated alkanes) is 1. The number of hydrogen-bond donors (Lipinski definition) is 0. The van der Waals surface area contributed by atoms with Crippen molar-refractivity contribution in [1.82, 2.24) is 0 Å². The molecular formula is C14H24Br6CaCl4CoCs4F5I8K4Li6MgNNa4Rb4+2. The quantitative estimate of drug-likeness (QED) is 0.124. The maximum absolute atomic E-state index is 3.97. The van der Waals surface area contributed by atoms with Crippen LogP contribution < -0.4 is 1260 Å². The van der Waals surface area contributed by atoms with Gasteiger partial charge in [0.05, 0.1) is 0 Å². The molecule has 0 spiro atoms. The Morgan fingerprint density at radius 3 is 0.603 bits per heavy atom. The summed E-state index contributed by atoms with van der Waals surface area (Å²) in [6.45, 7) is 11.8. The Morgan fingerprint density at radius 2 is 0.587 bits per heavy atom. The van der Waals surface area contributed by atoms with Gasteiger partial charge in [0, 0.05) is 0 Å². The minimum absolute atomic E-state index is 0. The molecule has 0 fully saturated rings. The zero-order chi connectivity index (χ0) is 14.5. The third kappa shape index (κ3) is 421. The first-order valence-corrected chi connectivity index (χ1v) is 12.6. The van der Waals surface area contributed by atoms with Gasteiger partial charge in [-0.25, -0.2) is 0 Å². The van der Waals surface area contributed by atoms with E-state index in [9.17, 15) is 0 Å². The molecule has 0 aromatic heterocycles. The van der Waals surface area contributed by atoms with Gasteiger partial charge in [0.15, 0.2) is 0 Å². The van der Waals surface area contributed by atoms with Gasteiger partial charge in [-0.15, -0.1) is 0 Å². The maximum atomic E-state index is 3.97. The van der Waals surface area contributed by atoms with Crippen molar-refractivity contribution in [3.05, 3.63) is 48.6 Å². The summed E-state index contributed by atoms with van der Waals surface area (Å²) in [6.07, 6.45) is 2.28. The van der Waals surface area contributed by atoms with Crippen LogP contribution >= 0.6 is 40.8 Å². The third-order valence-corrected chi connectivity index (χ3v) is 1.41. The molecule has 0 unspecified atom stereocenters. The molecule has 0 bridgehead atoms. The van der Waals surface area contributed by atoms with E-state index in [1.807, 2.05) is 44.2 Å². The van der Waals surface area contributed by atoms with Crippen molar-refractivity contribution in [1.29, 1.82) is 0 Å². The van der Waals surface area contributed by atoms with Crippen LogP contribution in [-0.4, -0.2) is 73.9 Å². The topological polar surface area (TPSA) is 14.1 Å². The van der Waals surface area contributed by atoms with Crippen LogP contribution in [0.4, 0.5) is 0 Å². The molecule has 49 heteroatoms. The first-order chi connectivity index (χ1) is 8.74. The van der Waals surface area contributed by atoms with Crippen LogP contribution in [0.1, 0.15) is 33.6 Å². The molecule has 1 aromatic rings. The molecule has 63 heavy (non-hydrogen) atoms. The van der Waals surface area contributed by atoms with E-state index in [1.54, 1.807) is 0 Å². The molecule has 0 aliphatic carbocycles. The van der Waals surface area contributed by atoms with E-state index in [4.69, 9.17) is 0 Å². The summed E-state index contributed by atoms with van der Waals surface area (Å²) >= 11 is 4.49. The van der Waals surface area contributed by atoms with Crippen LogP contribution in [-0.2, 0) is 8.26 Å². The number of nitrogens with zero attached hydrogens (tertiary/aromatic N) is 1. The SMILES string of the molecule is CC[N-]CC.[Br-].[Br-].[Br-].[Br-].[Br-].[Br-].[CH2-]CCC.[Ca+2].[Cl-].[Cl-].[Cl-].[Cl-].[Cs+].[Cs+].[Cs+].[Cs+].[F-].[F-].[F-].[F-].[F-].[I-].[I-].[I-].[I-].[I-].[I-].[I][Co][I].[K+].[K+].[K+].[K+].[Li+].[Li+].[Li+].[Li+].[Li+].[Li+].[Mg+2].[Na+].[Na+].[Na+].[Na+].[Rb+].[Rb+].[Rb+].[Rb+].[c-]1ccccc1. The molecule has 1 nitrogen and oxygen atoms in total. The number of rotatable bonds is 3. The molecular weight excluding hydrogens is 3200 g/mol. The normalized spacial score (nSPS) is 2.25. The second-order valence-electron chi connectivity index (χ2n) is 2.83. The van der Waals surface area contributed by atoms with Crippen LogP contribution in [0, 0.1) is 13.0 Å². The second kappa shape index (κ2) is 382. The zero-order valence-corrected chi connectivity index (χ0v) is 143. The van der Waals surface area contributed by atoms with Crippen molar-refractivity contribution < 1.29 is 1270 Å². The van der Waals surface area contributed by atoms with E-state index < -0.39 is 0 Å². The molecule has 0 aliphatic rings. The second-order valence-corrected chi connectivity index (χ2v) is 11.6. The molecule has 0 amide bonds. The fourth-order valence-corrected chi connectivity index (χ4v) is 0.566. The van der Waals surface area contributed by atoms with E-state index in [0.29, 0.717) is 0 Å². The number of hydrogen-bond acceptors (Lipinski definition) is 0. The largest absolute Gasteiger partial charge is 2.00 e. The molecule has 0 saturated heterocycles. The Balaban J connectivity index is -0.000000000843. The van der Waals surface area contributed by atoms with Gasteiger partial charge in [-0.2, -0.15) is 55.9 Å². The van der Waals surface area contributed by atoms with Gasteiger partial charge in [0.1, 0.15) is 0 Å². The number of halogens is 23. The molecule has 0 saturated carbocycles. The van der Waals surface area contributed by atoms with Gasteiger partial charge in [0.25, 0.3) is 0 Å². The minimum atomic E-state index is 0. The fraction of sp³-hybridized carbons (Fsp3) is 0.500. The van der Waals surface area contributed by atoms with Crippen molar-refractivity contribution in [3.8, 4) is 0 Å². The van der Waals surface area contributed by atoms with E-state index >= 15 is 0 Å². The standard InChI is InChI=1S/C6H5.C4H10N.C4H9.6BrH.Ca.4ClH.Co.4Cs.5FH.8HI.4K.6Li.Mg.4Na.4Rb/c1-2-4-6-5-3-1;1-3-5-4-2;1-3-4-2;;;;;;;;;;;;;;;;;;;;;;;;;;;;;;;;;;;;;;;;;;;;;;;;/h1-5H;3-4H2,1-2H3;1,3-4H2,2H3;6*1H;;4*1H;;;;;;13*1H;;;;;;;;;;;;;;;;;;;/q3*-1;;;;;;;+2;;;;;+2;4*+1;;;;;;;;;;;;;;10*+1;+2;8*+1/p-23. The van der Waals surface area contributed by atoms with Gasteiger partial charge < -0.3 is 331 Å². The molecule has 0 radical (unpaired) electrons. The Hall–Kier alpha value is 40.8. The molecule has 0 N–H and O–H groups in total. The summed E-state index contributed by atoms with van der Waals surface area (Å²) in [5, 5.41) is 3.97. The zero-order valence-electron chi connectivity index (χ0n) is 42.8. The average molecular weight is 3220 g/mol. The van der Waals surface area contributed by atoms with Crippen molar-refractivity contribution in [2.45, 2.75) is 33.6 Å². The Labute approximate surface area is 1410 Å². The van der Waals surface area contributed by atoms with E-state index in [1.165, 1.54) is 14.7 Å². The summed E-state index contributed by atoms with van der Waals surface area (Å²) < 4.78 is 0. The van der Waals surface area contributed by atoms with E-state index in [0.717, 1.165) is 19.5 Å². The Bertz CT molecular complexity index is 353. The summed E-state index contributed by atoms with van der Waals surface area (Å²) in [4.78, 5) is 0. The van der Waals surface area contributed by atoms with Crippen molar-refractivity contribution in [3.63, 3.8) is 0 Å². The van der Waals surface area contributed by atoms with E-state index in [2.05, 4.69) is 66.1 Å². The summed E-state index contributed by atoms with van der Waals surface area (Å²) in [6, 6.07) is 12.5. The van der Waals surface area contributed by atoms with Gasteiger partial charge in [-0.05, 0) is 0 Å². The van der Waals surface area contributed by atoms with Crippen LogP contribution in [0.25, 0.3) is 5.32 Å². The first kappa shape index (κ1) is 352. The smallest absolute Gasteiger partial charge is 0.184 e. The molecule has 0 aliphatic heterocycles. The third-order valence-electron chi connectivity index (χ3n) is 1.41. The molecule has 0 heterocycles. The van der Waals surface area contributed by atoms with Gasteiger partial charge in [-0.3, -0.25) is 0 Å². The van der Waals surface area contributed by atoms with E-state index in [-0.39, 0.29) is 1320 Å². The van der Waals surface area contributed by atoms with Crippen LogP contribution in [0.2, 0.25) is 0 Å².